The van der Waals surface area contributed by atoms with Crippen molar-refractivity contribution in [3.05, 3.63) is 30.1 Å². The number of hydrogen-bond donors (Lipinski definition) is 0. The van der Waals surface area contributed by atoms with Gasteiger partial charge in [-0.3, -0.25) is 0 Å². The zero-order valence-corrected chi connectivity index (χ0v) is 12.6. The molecular formula is C14H19ClN2S. The Bertz CT molecular complexity index is 521. The van der Waals surface area contributed by atoms with Gasteiger partial charge in [0.25, 0.3) is 0 Å². The van der Waals surface area contributed by atoms with Gasteiger partial charge in [0, 0.05) is 11.8 Å². The van der Waals surface area contributed by atoms with Gasteiger partial charge in [0.15, 0.2) is 0 Å². The molecule has 0 radical (unpaired) electrons. The number of imidazole rings is 1. The number of fused-ring (bicyclic) bond motifs is 1. The highest BCUT2D eigenvalue weighted by Crippen LogP contribution is 2.29. The molecule has 0 saturated heterocycles. The van der Waals surface area contributed by atoms with Crippen LogP contribution in [-0.4, -0.2) is 21.1 Å². The molecule has 0 aliphatic rings. The van der Waals surface area contributed by atoms with Crippen molar-refractivity contribution < 1.29 is 0 Å². The smallest absolute Gasteiger partial charge is 0.127 e. The van der Waals surface area contributed by atoms with Crippen LogP contribution < -0.4 is 0 Å². The van der Waals surface area contributed by atoms with Crippen LogP contribution in [0.2, 0.25) is 0 Å². The third kappa shape index (κ3) is 2.67. The normalized spacial score (nSPS) is 14.9. The Morgan fingerprint density at radius 3 is 2.72 bits per heavy atom. The molecule has 0 amide bonds. The molecule has 0 aliphatic heterocycles. The van der Waals surface area contributed by atoms with E-state index in [-0.39, 0.29) is 5.38 Å². The van der Waals surface area contributed by atoms with E-state index in [9.17, 15) is 0 Å². The Balaban J connectivity index is 2.47. The summed E-state index contributed by atoms with van der Waals surface area (Å²) >= 11 is 8.22. The van der Waals surface area contributed by atoms with Gasteiger partial charge in [0.1, 0.15) is 5.82 Å². The number of aromatic nitrogens is 2. The van der Waals surface area contributed by atoms with Gasteiger partial charge in [-0.15, -0.1) is 11.6 Å². The Hall–Kier alpha value is -0.670. The van der Waals surface area contributed by atoms with Crippen LogP contribution in [-0.2, 0) is 0 Å². The summed E-state index contributed by atoms with van der Waals surface area (Å²) in [6.45, 7) is 6.41. The van der Waals surface area contributed by atoms with E-state index in [1.165, 1.54) is 5.52 Å². The highest BCUT2D eigenvalue weighted by molar-refractivity contribution is 7.99. The lowest BCUT2D eigenvalue weighted by atomic mass is 10.3. The summed E-state index contributed by atoms with van der Waals surface area (Å²) in [7, 11) is 0. The van der Waals surface area contributed by atoms with Gasteiger partial charge in [-0.1, -0.05) is 19.1 Å². The quantitative estimate of drug-likeness (QED) is 0.743. The second-order valence-corrected chi connectivity index (χ2v) is 6.43. The van der Waals surface area contributed by atoms with Crippen LogP contribution in [0.5, 0.6) is 0 Å². The van der Waals surface area contributed by atoms with Crippen LogP contribution in [0, 0.1) is 0 Å². The van der Waals surface area contributed by atoms with E-state index >= 15 is 0 Å². The van der Waals surface area contributed by atoms with Crippen molar-refractivity contribution in [2.24, 2.45) is 0 Å². The lowest BCUT2D eigenvalue weighted by Crippen LogP contribution is -2.12. The van der Waals surface area contributed by atoms with Crippen LogP contribution in [0.1, 0.15) is 38.0 Å². The van der Waals surface area contributed by atoms with Crippen molar-refractivity contribution in [1.29, 1.82) is 0 Å². The maximum absolute atomic E-state index is 6.27. The van der Waals surface area contributed by atoms with Gasteiger partial charge in [0.2, 0.25) is 0 Å². The Kier molecular flexibility index (Phi) is 4.57. The van der Waals surface area contributed by atoms with E-state index in [0.717, 1.165) is 22.8 Å². The number of hydrogen-bond acceptors (Lipinski definition) is 2. The van der Waals surface area contributed by atoms with E-state index in [1.807, 2.05) is 30.8 Å². The van der Waals surface area contributed by atoms with E-state index in [2.05, 4.69) is 35.5 Å². The second-order valence-electron chi connectivity index (χ2n) is 4.45. The number of para-hydroxylation sites is 2. The van der Waals surface area contributed by atoms with E-state index in [4.69, 9.17) is 11.6 Å². The summed E-state index contributed by atoms with van der Waals surface area (Å²) in [5.74, 6) is 3.21. The fourth-order valence-electron chi connectivity index (χ4n) is 2.17. The molecule has 1 heterocycles. The number of benzene rings is 1. The first-order chi connectivity index (χ1) is 8.65. The van der Waals surface area contributed by atoms with Crippen LogP contribution in [0.25, 0.3) is 11.0 Å². The molecule has 2 rings (SSSR count). The molecule has 0 saturated carbocycles. The lowest BCUT2D eigenvalue weighted by Gasteiger charge is -2.18. The minimum atomic E-state index is -0.0634. The Labute approximate surface area is 118 Å². The molecule has 1 aromatic carbocycles. The molecule has 2 aromatic rings. The number of nitrogens with zero attached hydrogens (tertiary/aromatic N) is 2. The molecule has 98 valence electrons. The van der Waals surface area contributed by atoms with Gasteiger partial charge in [-0.25, -0.2) is 4.98 Å². The molecule has 1 aromatic heterocycles. The molecule has 0 bridgehead atoms. The SMILES string of the molecule is CCSCC(C)n1c(C(C)Cl)nc2ccccc21. The van der Waals surface area contributed by atoms with Crippen molar-refractivity contribution in [1.82, 2.24) is 9.55 Å². The predicted octanol–water partition coefficient (Wildman–Crippen LogP) is 4.65. The summed E-state index contributed by atoms with van der Waals surface area (Å²) in [5.41, 5.74) is 2.22. The fourth-order valence-corrected chi connectivity index (χ4v) is 3.05. The van der Waals surface area contributed by atoms with Crippen molar-refractivity contribution in [2.75, 3.05) is 11.5 Å². The van der Waals surface area contributed by atoms with E-state index in [0.29, 0.717) is 6.04 Å². The first-order valence-corrected chi connectivity index (χ1v) is 7.93. The molecule has 4 heteroatoms. The molecule has 2 atom stereocenters. The highest BCUT2D eigenvalue weighted by atomic mass is 35.5. The zero-order valence-electron chi connectivity index (χ0n) is 11.1. The number of halogens is 1. The molecule has 0 spiro atoms. The average molecular weight is 283 g/mol. The van der Waals surface area contributed by atoms with Gasteiger partial charge in [-0.2, -0.15) is 11.8 Å². The minimum absolute atomic E-state index is 0.0634. The molecule has 0 N–H and O–H groups in total. The van der Waals surface area contributed by atoms with Crippen LogP contribution in [0.4, 0.5) is 0 Å². The third-order valence-corrected chi connectivity index (χ3v) is 4.30. The van der Waals surface area contributed by atoms with Gasteiger partial charge in [0.05, 0.1) is 16.4 Å². The number of alkyl halides is 1. The lowest BCUT2D eigenvalue weighted by molar-refractivity contribution is 0.593. The standard InChI is InChI=1S/C14H19ClN2S/c1-4-18-9-10(2)17-13-8-6-5-7-12(13)16-14(17)11(3)15/h5-8,10-11H,4,9H2,1-3H3. The molecule has 0 fully saturated rings. The summed E-state index contributed by atoms with van der Waals surface area (Å²) < 4.78 is 2.29. The molecule has 18 heavy (non-hydrogen) atoms. The second kappa shape index (κ2) is 5.98. The molecular weight excluding hydrogens is 264 g/mol. The zero-order chi connectivity index (χ0) is 13.1. The highest BCUT2D eigenvalue weighted by Gasteiger charge is 2.18. The summed E-state index contributed by atoms with van der Waals surface area (Å²) in [4.78, 5) is 4.66. The summed E-state index contributed by atoms with van der Waals surface area (Å²) in [6.07, 6.45) is 0. The van der Waals surface area contributed by atoms with Crippen molar-refractivity contribution in [3.63, 3.8) is 0 Å². The van der Waals surface area contributed by atoms with Gasteiger partial charge in [-0.05, 0) is 31.7 Å². The van der Waals surface area contributed by atoms with Gasteiger partial charge < -0.3 is 4.57 Å². The number of rotatable bonds is 5. The fraction of sp³-hybridized carbons (Fsp3) is 0.500. The van der Waals surface area contributed by atoms with Crippen molar-refractivity contribution in [2.45, 2.75) is 32.2 Å². The Morgan fingerprint density at radius 2 is 2.06 bits per heavy atom. The first kappa shape index (κ1) is 13.8. The van der Waals surface area contributed by atoms with Gasteiger partial charge >= 0.3 is 0 Å². The van der Waals surface area contributed by atoms with Crippen LogP contribution in [0.3, 0.4) is 0 Å². The minimum Gasteiger partial charge on any atom is -0.323 e. The molecule has 2 nitrogen and oxygen atoms in total. The molecule has 0 aliphatic carbocycles. The predicted molar refractivity (Wildman–Crippen MR) is 81.7 cm³/mol. The maximum Gasteiger partial charge on any atom is 0.127 e. The monoisotopic (exact) mass is 282 g/mol. The third-order valence-electron chi connectivity index (χ3n) is 2.98. The maximum atomic E-state index is 6.27. The number of thioether (sulfide) groups is 1. The summed E-state index contributed by atoms with van der Waals surface area (Å²) in [6, 6.07) is 8.67. The average Bonchev–Trinajstić information content (AvgIpc) is 2.75. The van der Waals surface area contributed by atoms with Crippen LogP contribution >= 0.6 is 23.4 Å². The van der Waals surface area contributed by atoms with E-state index in [1.54, 1.807) is 0 Å². The van der Waals surface area contributed by atoms with Crippen molar-refractivity contribution >= 4 is 34.4 Å². The van der Waals surface area contributed by atoms with E-state index < -0.39 is 0 Å². The first-order valence-electron chi connectivity index (χ1n) is 6.33. The largest absolute Gasteiger partial charge is 0.323 e. The van der Waals surface area contributed by atoms with Crippen LogP contribution in [0.15, 0.2) is 24.3 Å². The topological polar surface area (TPSA) is 17.8 Å². The summed E-state index contributed by atoms with van der Waals surface area (Å²) in [5, 5.41) is -0.0634. The Morgan fingerprint density at radius 1 is 1.33 bits per heavy atom. The van der Waals surface area contributed by atoms with Crippen molar-refractivity contribution in [3.8, 4) is 0 Å². The molecule has 2 unspecified atom stereocenters.